The number of methoxy groups -OCH3 is 2. The molecule has 0 saturated carbocycles. The first-order chi connectivity index (χ1) is 11.8. The van der Waals surface area contributed by atoms with Crippen molar-refractivity contribution < 1.29 is 23.9 Å². The Morgan fingerprint density at radius 1 is 0.880 bits per heavy atom. The SMILES string of the molecule is COC(=O)c1cc(NC(=O)c2ccc(C)c(Cl)c2)cc(C(=O)OC)c1. The Morgan fingerprint density at radius 3 is 1.92 bits per heavy atom. The molecule has 25 heavy (non-hydrogen) atoms. The van der Waals surface area contributed by atoms with Crippen LogP contribution in [0.15, 0.2) is 36.4 Å². The number of rotatable bonds is 4. The third-order valence-corrected chi connectivity index (χ3v) is 3.87. The maximum absolute atomic E-state index is 12.4. The van der Waals surface area contributed by atoms with Crippen LogP contribution < -0.4 is 5.32 Å². The summed E-state index contributed by atoms with van der Waals surface area (Å²) in [7, 11) is 2.44. The molecule has 0 spiro atoms. The quantitative estimate of drug-likeness (QED) is 0.843. The van der Waals surface area contributed by atoms with Gasteiger partial charge in [-0.3, -0.25) is 4.79 Å². The van der Waals surface area contributed by atoms with Crippen molar-refractivity contribution in [2.75, 3.05) is 19.5 Å². The summed E-state index contributed by atoms with van der Waals surface area (Å²) >= 11 is 6.03. The summed E-state index contributed by atoms with van der Waals surface area (Å²) in [5.74, 6) is -1.71. The summed E-state index contributed by atoms with van der Waals surface area (Å²) < 4.78 is 9.31. The lowest BCUT2D eigenvalue weighted by Crippen LogP contribution is -2.14. The fraction of sp³-hybridized carbons (Fsp3) is 0.167. The molecule has 0 aliphatic carbocycles. The normalized spacial score (nSPS) is 10.1. The first kappa shape index (κ1) is 18.5. The molecule has 2 rings (SSSR count). The largest absolute Gasteiger partial charge is 0.465 e. The lowest BCUT2D eigenvalue weighted by Gasteiger charge is -2.10. The number of carbonyl (C=O) groups excluding carboxylic acids is 3. The van der Waals surface area contributed by atoms with E-state index in [9.17, 15) is 14.4 Å². The lowest BCUT2D eigenvalue weighted by atomic mass is 10.1. The van der Waals surface area contributed by atoms with Gasteiger partial charge in [-0.2, -0.15) is 0 Å². The van der Waals surface area contributed by atoms with Crippen molar-refractivity contribution in [3.8, 4) is 0 Å². The molecule has 1 N–H and O–H groups in total. The van der Waals surface area contributed by atoms with Gasteiger partial charge in [0.15, 0.2) is 0 Å². The molecular formula is C18H16ClNO5. The van der Waals surface area contributed by atoms with Crippen molar-refractivity contribution in [3.63, 3.8) is 0 Å². The predicted molar refractivity (Wildman–Crippen MR) is 93.3 cm³/mol. The number of benzene rings is 2. The minimum absolute atomic E-state index is 0.114. The van der Waals surface area contributed by atoms with E-state index in [2.05, 4.69) is 14.8 Å². The van der Waals surface area contributed by atoms with Crippen LogP contribution in [0.1, 0.15) is 36.6 Å². The van der Waals surface area contributed by atoms with Crippen molar-refractivity contribution in [2.24, 2.45) is 0 Å². The number of hydrogen-bond donors (Lipinski definition) is 1. The van der Waals surface area contributed by atoms with Gasteiger partial charge in [-0.1, -0.05) is 17.7 Å². The molecule has 1 amide bonds. The second-order valence-electron chi connectivity index (χ2n) is 5.20. The summed E-state index contributed by atoms with van der Waals surface area (Å²) in [4.78, 5) is 35.9. The molecular weight excluding hydrogens is 346 g/mol. The highest BCUT2D eigenvalue weighted by Crippen LogP contribution is 2.20. The standard InChI is InChI=1S/C18H16ClNO5/c1-10-4-5-11(9-15(10)19)16(21)20-14-7-12(17(22)24-2)6-13(8-14)18(23)25-3/h4-9H,1-3H3,(H,20,21). The highest BCUT2D eigenvalue weighted by Gasteiger charge is 2.15. The van der Waals surface area contributed by atoms with Crippen molar-refractivity contribution in [1.82, 2.24) is 0 Å². The summed E-state index contributed by atoms with van der Waals surface area (Å²) in [5.41, 5.74) is 1.67. The van der Waals surface area contributed by atoms with Gasteiger partial charge in [-0.15, -0.1) is 0 Å². The monoisotopic (exact) mass is 361 g/mol. The number of halogens is 1. The number of anilines is 1. The zero-order chi connectivity index (χ0) is 18.6. The summed E-state index contributed by atoms with van der Waals surface area (Å²) in [6.07, 6.45) is 0. The van der Waals surface area contributed by atoms with Crippen LogP contribution in [0.3, 0.4) is 0 Å². The molecule has 6 nitrogen and oxygen atoms in total. The zero-order valence-electron chi connectivity index (χ0n) is 13.9. The Morgan fingerprint density at radius 2 is 1.44 bits per heavy atom. The lowest BCUT2D eigenvalue weighted by molar-refractivity contribution is 0.0599. The summed E-state index contributed by atoms with van der Waals surface area (Å²) in [6, 6.07) is 9.04. The van der Waals surface area contributed by atoms with E-state index >= 15 is 0 Å². The molecule has 0 radical (unpaired) electrons. The number of carbonyl (C=O) groups is 3. The van der Waals surface area contributed by atoms with Gasteiger partial charge in [0.1, 0.15) is 0 Å². The third-order valence-electron chi connectivity index (χ3n) is 3.47. The van der Waals surface area contributed by atoms with Crippen LogP contribution in [0.2, 0.25) is 5.02 Å². The van der Waals surface area contributed by atoms with Gasteiger partial charge < -0.3 is 14.8 Å². The van der Waals surface area contributed by atoms with Gasteiger partial charge in [0.05, 0.1) is 25.3 Å². The number of nitrogens with one attached hydrogen (secondary N) is 1. The Kier molecular flexibility index (Phi) is 5.77. The highest BCUT2D eigenvalue weighted by molar-refractivity contribution is 6.31. The number of hydrogen-bond acceptors (Lipinski definition) is 5. The Balaban J connectivity index is 2.36. The van der Waals surface area contributed by atoms with Gasteiger partial charge in [0.2, 0.25) is 0 Å². The maximum atomic E-state index is 12.4. The molecule has 0 aromatic heterocycles. The number of esters is 2. The molecule has 0 saturated heterocycles. The fourth-order valence-corrected chi connectivity index (χ4v) is 2.29. The Bertz CT molecular complexity index is 813. The van der Waals surface area contributed by atoms with Gasteiger partial charge in [-0.25, -0.2) is 9.59 Å². The van der Waals surface area contributed by atoms with Crippen LogP contribution in [0.4, 0.5) is 5.69 Å². The van der Waals surface area contributed by atoms with Crippen LogP contribution in [0.25, 0.3) is 0 Å². The average molecular weight is 362 g/mol. The smallest absolute Gasteiger partial charge is 0.337 e. The van der Waals surface area contributed by atoms with Crippen molar-refractivity contribution in [2.45, 2.75) is 6.92 Å². The zero-order valence-corrected chi connectivity index (χ0v) is 14.6. The van der Waals surface area contributed by atoms with E-state index < -0.39 is 17.8 Å². The van der Waals surface area contributed by atoms with Crippen LogP contribution >= 0.6 is 11.6 Å². The van der Waals surface area contributed by atoms with E-state index in [0.29, 0.717) is 10.6 Å². The third kappa shape index (κ3) is 4.36. The van der Waals surface area contributed by atoms with Gasteiger partial charge in [-0.05, 0) is 42.8 Å². The molecule has 2 aromatic rings. The summed E-state index contributed by atoms with van der Waals surface area (Å²) in [6.45, 7) is 1.83. The minimum atomic E-state index is -0.639. The molecule has 130 valence electrons. The van der Waals surface area contributed by atoms with E-state index in [1.54, 1.807) is 12.1 Å². The molecule has 0 unspecified atom stereocenters. The van der Waals surface area contributed by atoms with E-state index in [4.69, 9.17) is 11.6 Å². The molecule has 0 atom stereocenters. The molecule has 7 heteroatoms. The van der Waals surface area contributed by atoms with E-state index in [-0.39, 0.29) is 16.8 Å². The van der Waals surface area contributed by atoms with Crippen LogP contribution in [-0.4, -0.2) is 32.1 Å². The van der Waals surface area contributed by atoms with E-state index in [0.717, 1.165) is 5.56 Å². The molecule has 2 aromatic carbocycles. The maximum Gasteiger partial charge on any atom is 0.337 e. The average Bonchev–Trinajstić information content (AvgIpc) is 2.62. The Hall–Kier alpha value is -2.86. The first-order valence-corrected chi connectivity index (χ1v) is 7.62. The van der Waals surface area contributed by atoms with Gasteiger partial charge >= 0.3 is 11.9 Å². The highest BCUT2D eigenvalue weighted by atomic mass is 35.5. The topological polar surface area (TPSA) is 81.7 Å². The molecule has 0 fully saturated rings. The predicted octanol–water partition coefficient (Wildman–Crippen LogP) is 3.47. The minimum Gasteiger partial charge on any atom is -0.465 e. The number of aryl methyl sites for hydroxylation is 1. The molecule has 0 bridgehead atoms. The van der Waals surface area contributed by atoms with E-state index in [1.807, 2.05) is 6.92 Å². The Labute approximate surface area is 149 Å². The van der Waals surface area contributed by atoms with Crippen molar-refractivity contribution >= 4 is 35.1 Å². The number of ether oxygens (including phenoxy) is 2. The van der Waals surface area contributed by atoms with Gasteiger partial charge in [0, 0.05) is 16.3 Å². The first-order valence-electron chi connectivity index (χ1n) is 7.25. The molecule has 0 aliphatic rings. The van der Waals surface area contributed by atoms with Gasteiger partial charge in [0.25, 0.3) is 5.91 Å². The van der Waals surface area contributed by atoms with Crippen LogP contribution in [0.5, 0.6) is 0 Å². The van der Waals surface area contributed by atoms with Crippen LogP contribution in [0, 0.1) is 6.92 Å². The number of amides is 1. The second-order valence-corrected chi connectivity index (χ2v) is 5.61. The van der Waals surface area contributed by atoms with Crippen molar-refractivity contribution in [3.05, 3.63) is 63.7 Å². The summed E-state index contributed by atoms with van der Waals surface area (Å²) in [5, 5.41) is 3.09. The second kappa shape index (κ2) is 7.81. The molecule has 0 aliphatic heterocycles. The molecule has 0 heterocycles. The van der Waals surface area contributed by atoms with E-state index in [1.165, 1.54) is 38.5 Å². The fourth-order valence-electron chi connectivity index (χ4n) is 2.11. The van der Waals surface area contributed by atoms with Crippen LogP contribution in [-0.2, 0) is 9.47 Å². The van der Waals surface area contributed by atoms with Crippen molar-refractivity contribution in [1.29, 1.82) is 0 Å².